The Morgan fingerprint density at radius 2 is 2.09 bits per heavy atom. The Morgan fingerprint density at radius 1 is 1.36 bits per heavy atom. The number of nitrogens with zero attached hydrogens (tertiary/aromatic N) is 1. The van der Waals surface area contributed by atoms with E-state index in [-0.39, 0.29) is 24.7 Å². The fraction of sp³-hybridized carbons (Fsp3) is 0.500. The molecular formula is C16H22N2O4. The molecule has 1 fully saturated rings. The van der Waals surface area contributed by atoms with Crippen LogP contribution in [-0.4, -0.2) is 48.6 Å². The monoisotopic (exact) mass is 306 g/mol. The smallest absolute Gasteiger partial charge is 0.257 e. The van der Waals surface area contributed by atoms with E-state index < -0.39 is 5.91 Å². The number of benzene rings is 1. The van der Waals surface area contributed by atoms with Crippen LogP contribution in [0.5, 0.6) is 5.75 Å². The first kappa shape index (κ1) is 16.3. The summed E-state index contributed by atoms with van der Waals surface area (Å²) in [6, 6.07) is 7.22. The number of carbonyl (C=O) groups excluding carboxylic acids is 2. The number of nitrogens with two attached hydrogens (primary N) is 1. The Labute approximate surface area is 130 Å². The molecular weight excluding hydrogens is 284 g/mol. The number of primary amides is 1. The van der Waals surface area contributed by atoms with Crippen molar-refractivity contribution in [2.24, 2.45) is 5.73 Å². The van der Waals surface area contributed by atoms with Crippen molar-refractivity contribution in [3.63, 3.8) is 0 Å². The highest BCUT2D eigenvalue weighted by molar-refractivity contribution is 5.97. The Morgan fingerprint density at radius 3 is 2.77 bits per heavy atom. The predicted molar refractivity (Wildman–Crippen MR) is 81.7 cm³/mol. The average Bonchev–Trinajstić information content (AvgIpc) is 2.93. The normalized spacial score (nSPS) is 17.8. The fourth-order valence-corrected chi connectivity index (χ4v) is 2.42. The van der Waals surface area contributed by atoms with Crippen molar-refractivity contribution < 1.29 is 19.1 Å². The lowest BCUT2D eigenvalue weighted by molar-refractivity contribution is -0.124. The minimum atomic E-state index is -0.500. The highest BCUT2D eigenvalue weighted by Gasteiger charge is 2.29. The molecule has 2 rings (SSSR count). The summed E-state index contributed by atoms with van der Waals surface area (Å²) in [5.74, 6) is 0.00545. The van der Waals surface area contributed by atoms with E-state index in [1.54, 1.807) is 17.0 Å². The fourth-order valence-electron chi connectivity index (χ4n) is 2.42. The first-order chi connectivity index (χ1) is 10.5. The van der Waals surface area contributed by atoms with Crippen LogP contribution >= 0.6 is 0 Å². The molecule has 1 aromatic carbocycles. The lowest BCUT2D eigenvalue weighted by Gasteiger charge is -2.19. The summed E-state index contributed by atoms with van der Waals surface area (Å²) in [5.41, 5.74) is 5.61. The maximum absolute atomic E-state index is 12.6. The molecule has 1 aliphatic heterocycles. The van der Waals surface area contributed by atoms with E-state index in [2.05, 4.69) is 0 Å². The number of hydrogen-bond acceptors (Lipinski definition) is 4. The molecule has 0 radical (unpaired) electrons. The molecule has 6 nitrogen and oxygen atoms in total. The number of carbonyl (C=O) groups is 2. The van der Waals surface area contributed by atoms with Gasteiger partial charge in [-0.05, 0) is 32.4 Å². The third kappa shape index (κ3) is 4.21. The number of amides is 2. The largest absolute Gasteiger partial charge is 0.490 e. The number of para-hydroxylation sites is 1. The number of rotatable bonds is 6. The van der Waals surface area contributed by atoms with E-state index in [0.717, 1.165) is 0 Å². The molecule has 0 aliphatic carbocycles. The topological polar surface area (TPSA) is 81.9 Å². The van der Waals surface area contributed by atoms with E-state index in [1.165, 1.54) is 0 Å². The molecule has 0 saturated carbocycles. The Hall–Kier alpha value is -2.08. The summed E-state index contributed by atoms with van der Waals surface area (Å²) >= 11 is 0. The minimum absolute atomic E-state index is 0.000763. The third-order valence-electron chi connectivity index (χ3n) is 3.37. The molecule has 2 N–H and O–H groups in total. The second-order valence-corrected chi connectivity index (χ2v) is 5.60. The van der Waals surface area contributed by atoms with Crippen molar-refractivity contribution in [2.45, 2.75) is 32.5 Å². The van der Waals surface area contributed by atoms with E-state index in [4.69, 9.17) is 15.2 Å². The summed E-state index contributed by atoms with van der Waals surface area (Å²) in [7, 11) is 0. The van der Waals surface area contributed by atoms with Gasteiger partial charge in [0.25, 0.3) is 5.91 Å². The second kappa shape index (κ2) is 7.26. The maximum atomic E-state index is 12.6. The molecule has 1 aliphatic rings. The Bertz CT molecular complexity index is 545. The molecule has 120 valence electrons. The van der Waals surface area contributed by atoms with E-state index >= 15 is 0 Å². The van der Waals surface area contributed by atoms with Crippen molar-refractivity contribution in [1.29, 1.82) is 0 Å². The van der Waals surface area contributed by atoms with Crippen LogP contribution in [0.15, 0.2) is 24.3 Å². The first-order valence-electron chi connectivity index (χ1n) is 7.42. The van der Waals surface area contributed by atoms with Gasteiger partial charge in [0.05, 0.1) is 17.8 Å². The summed E-state index contributed by atoms with van der Waals surface area (Å²) in [6.45, 7) is 4.79. The van der Waals surface area contributed by atoms with Crippen LogP contribution in [0.1, 0.15) is 30.6 Å². The van der Waals surface area contributed by atoms with Gasteiger partial charge in [0, 0.05) is 13.1 Å². The quantitative estimate of drug-likeness (QED) is 0.856. The van der Waals surface area contributed by atoms with Crippen LogP contribution < -0.4 is 10.5 Å². The molecule has 0 spiro atoms. The van der Waals surface area contributed by atoms with Crippen molar-refractivity contribution >= 4 is 11.8 Å². The lowest BCUT2D eigenvalue weighted by atomic mass is 10.1. The SMILES string of the molecule is CC(C)Oc1ccccc1C(=O)N1CCC(OCC(N)=O)C1. The van der Waals surface area contributed by atoms with Crippen LogP contribution in [0.3, 0.4) is 0 Å². The predicted octanol–water partition coefficient (Wildman–Crippen LogP) is 1.19. The van der Waals surface area contributed by atoms with Gasteiger partial charge in [-0.1, -0.05) is 12.1 Å². The van der Waals surface area contributed by atoms with E-state index in [9.17, 15) is 9.59 Å². The van der Waals surface area contributed by atoms with Gasteiger partial charge in [-0.25, -0.2) is 0 Å². The molecule has 1 atom stereocenters. The van der Waals surface area contributed by atoms with Gasteiger partial charge in [-0.3, -0.25) is 9.59 Å². The van der Waals surface area contributed by atoms with Crippen molar-refractivity contribution in [1.82, 2.24) is 4.90 Å². The summed E-state index contributed by atoms with van der Waals surface area (Å²) < 4.78 is 11.1. The number of likely N-dealkylation sites (tertiary alicyclic amines) is 1. The van der Waals surface area contributed by atoms with Gasteiger partial charge in [0.15, 0.2) is 0 Å². The molecule has 0 aromatic heterocycles. The zero-order valence-corrected chi connectivity index (χ0v) is 13.0. The zero-order chi connectivity index (χ0) is 16.1. The van der Waals surface area contributed by atoms with Crippen molar-refractivity contribution in [3.05, 3.63) is 29.8 Å². The van der Waals surface area contributed by atoms with E-state index in [0.29, 0.717) is 30.8 Å². The summed E-state index contributed by atoms with van der Waals surface area (Å²) in [5, 5.41) is 0. The second-order valence-electron chi connectivity index (χ2n) is 5.60. The summed E-state index contributed by atoms with van der Waals surface area (Å²) in [6.07, 6.45) is 0.556. The van der Waals surface area contributed by atoms with Crippen LogP contribution in [0.25, 0.3) is 0 Å². The first-order valence-corrected chi connectivity index (χ1v) is 7.42. The molecule has 1 unspecified atom stereocenters. The highest BCUT2D eigenvalue weighted by Crippen LogP contribution is 2.23. The van der Waals surface area contributed by atoms with Gasteiger partial charge in [-0.2, -0.15) is 0 Å². The van der Waals surface area contributed by atoms with Crippen LogP contribution in [0.2, 0.25) is 0 Å². The Balaban J connectivity index is 2.02. The average molecular weight is 306 g/mol. The van der Waals surface area contributed by atoms with Gasteiger partial charge in [0.1, 0.15) is 12.4 Å². The van der Waals surface area contributed by atoms with Gasteiger partial charge in [0.2, 0.25) is 5.91 Å². The Kier molecular flexibility index (Phi) is 5.38. The third-order valence-corrected chi connectivity index (χ3v) is 3.37. The van der Waals surface area contributed by atoms with Gasteiger partial charge >= 0.3 is 0 Å². The van der Waals surface area contributed by atoms with Gasteiger partial charge in [-0.15, -0.1) is 0 Å². The number of ether oxygens (including phenoxy) is 2. The standard InChI is InChI=1S/C16H22N2O4/c1-11(2)22-14-6-4-3-5-13(14)16(20)18-8-7-12(9-18)21-10-15(17)19/h3-6,11-12H,7-10H2,1-2H3,(H2,17,19). The molecule has 22 heavy (non-hydrogen) atoms. The molecule has 6 heteroatoms. The molecule has 1 heterocycles. The van der Waals surface area contributed by atoms with Crippen LogP contribution in [0, 0.1) is 0 Å². The van der Waals surface area contributed by atoms with Crippen molar-refractivity contribution in [3.8, 4) is 5.75 Å². The molecule has 2 amide bonds. The molecule has 0 bridgehead atoms. The van der Waals surface area contributed by atoms with E-state index in [1.807, 2.05) is 26.0 Å². The summed E-state index contributed by atoms with van der Waals surface area (Å²) in [4.78, 5) is 25.1. The lowest BCUT2D eigenvalue weighted by Crippen LogP contribution is -2.31. The van der Waals surface area contributed by atoms with Gasteiger partial charge < -0.3 is 20.1 Å². The minimum Gasteiger partial charge on any atom is -0.490 e. The molecule has 1 aromatic rings. The maximum Gasteiger partial charge on any atom is 0.257 e. The van der Waals surface area contributed by atoms with Crippen molar-refractivity contribution in [2.75, 3.05) is 19.7 Å². The number of hydrogen-bond donors (Lipinski definition) is 1. The van der Waals surface area contributed by atoms with Crippen LogP contribution in [0.4, 0.5) is 0 Å². The zero-order valence-electron chi connectivity index (χ0n) is 13.0. The van der Waals surface area contributed by atoms with Crippen LogP contribution in [-0.2, 0) is 9.53 Å². The molecule has 1 saturated heterocycles. The highest BCUT2D eigenvalue weighted by atomic mass is 16.5.